The minimum absolute atomic E-state index is 0.272. The number of carbonyl (C=O) groups is 2. The molecular weight excluding hydrogens is 310 g/mol. The molecule has 0 aliphatic heterocycles. The molecule has 128 valence electrons. The summed E-state index contributed by atoms with van der Waals surface area (Å²) in [7, 11) is 3.26. The second-order valence-electron chi connectivity index (χ2n) is 5.41. The minimum atomic E-state index is -0.957. The highest BCUT2D eigenvalue weighted by Gasteiger charge is 2.23. The summed E-state index contributed by atoms with van der Waals surface area (Å²) in [5.41, 5.74) is 2.42. The van der Waals surface area contributed by atoms with E-state index < -0.39 is 18.0 Å². The van der Waals surface area contributed by atoms with Crippen molar-refractivity contribution in [2.75, 3.05) is 12.4 Å². The van der Waals surface area contributed by atoms with Crippen molar-refractivity contribution in [2.24, 2.45) is 7.05 Å². The first-order valence-electron chi connectivity index (χ1n) is 7.50. The van der Waals surface area contributed by atoms with Crippen molar-refractivity contribution < 1.29 is 19.1 Å². The lowest BCUT2D eigenvalue weighted by atomic mass is 10.2. The maximum Gasteiger partial charge on any atom is 0.342 e. The summed E-state index contributed by atoms with van der Waals surface area (Å²) in [4.78, 5) is 24.5. The Morgan fingerprint density at radius 3 is 2.50 bits per heavy atom. The summed E-state index contributed by atoms with van der Waals surface area (Å²) in [6.45, 7) is 5.17. The van der Waals surface area contributed by atoms with E-state index >= 15 is 0 Å². The number of hydrogen-bond acceptors (Lipinski definition) is 5. The molecule has 1 amide bonds. The Bertz CT molecular complexity index is 767. The van der Waals surface area contributed by atoms with Crippen LogP contribution < -0.4 is 10.1 Å². The predicted octanol–water partition coefficient (Wildman–Crippen LogP) is 2.23. The van der Waals surface area contributed by atoms with E-state index in [-0.39, 0.29) is 5.56 Å². The van der Waals surface area contributed by atoms with Gasteiger partial charge in [0.2, 0.25) is 0 Å². The van der Waals surface area contributed by atoms with Crippen LogP contribution in [0.15, 0.2) is 24.3 Å². The van der Waals surface area contributed by atoms with Crippen LogP contribution in [0.2, 0.25) is 0 Å². The molecule has 0 saturated heterocycles. The zero-order valence-corrected chi connectivity index (χ0v) is 14.4. The molecule has 0 aliphatic carbocycles. The number of nitrogens with one attached hydrogen (secondary N) is 1. The molecule has 0 bridgehead atoms. The van der Waals surface area contributed by atoms with E-state index in [1.165, 1.54) is 14.0 Å². The zero-order chi connectivity index (χ0) is 17.9. The third-order valence-corrected chi connectivity index (χ3v) is 3.74. The number of carbonyl (C=O) groups excluding carboxylic acids is 2. The quantitative estimate of drug-likeness (QED) is 0.850. The molecule has 1 heterocycles. The number of para-hydroxylation sites is 1. The van der Waals surface area contributed by atoms with Gasteiger partial charge in [0, 0.05) is 7.05 Å². The van der Waals surface area contributed by atoms with Crippen molar-refractivity contribution >= 4 is 17.6 Å². The maximum atomic E-state index is 12.3. The van der Waals surface area contributed by atoms with Crippen molar-refractivity contribution in [3.63, 3.8) is 0 Å². The van der Waals surface area contributed by atoms with E-state index in [0.717, 1.165) is 5.69 Å². The van der Waals surface area contributed by atoms with Gasteiger partial charge in [0.1, 0.15) is 11.3 Å². The number of nitrogens with zero attached hydrogens (tertiary/aromatic N) is 2. The number of aromatic nitrogens is 2. The summed E-state index contributed by atoms with van der Waals surface area (Å²) in [5, 5.41) is 6.99. The van der Waals surface area contributed by atoms with E-state index in [1.54, 1.807) is 42.9 Å². The molecule has 0 fully saturated rings. The molecule has 0 unspecified atom stereocenters. The molecule has 0 aliphatic rings. The van der Waals surface area contributed by atoms with E-state index in [2.05, 4.69) is 10.4 Å². The highest BCUT2D eigenvalue weighted by atomic mass is 16.5. The second-order valence-corrected chi connectivity index (χ2v) is 5.41. The number of ether oxygens (including phenoxy) is 2. The average molecular weight is 331 g/mol. The fraction of sp³-hybridized carbons (Fsp3) is 0.353. The van der Waals surface area contributed by atoms with Gasteiger partial charge >= 0.3 is 5.97 Å². The molecule has 1 aromatic heterocycles. The summed E-state index contributed by atoms with van der Waals surface area (Å²) >= 11 is 0. The van der Waals surface area contributed by atoms with Crippen LogP contribution >= 0.6 is 0 Å². The fourth-order valence-corrected chi connectivity index (χ4v) is 2.27. The highest BCUT2D eigenvalue weighted by molar-refractivity contribution is 5.98. The van der Waals surface area contributed by atoms with Crippen molar-refractivity contribution in [1.29, 1.82) is 0 Å². The van der Waals surface area contributed by atoms with Crippen molar-refractivity contribution in [3.05, 3.63) is 41.2 Å². The van der Waals surface area contributed by atoms with Gasteiger partial charge in [-0.2, -0.15) is 5.10 Å². The first kappa shape index (κ1) is 17.5. The van der Waals surface area contributed by atoms with Crippen LogP contribution in [0, 0.1) is 13.8 Å². The van der Waals surface area contributed by atoms with Crippen LogP contribution in [0.5, 0.6) is 5.75 Å². The predicted molar refractivity (Wildman–Crippen MR) is 89.2 cm³/mol. The Hall–Kier alpha value is -2.83. The molecule has 7 heteroatoms. The molecule has 7 nitrogen and oxygen atoms in total. The van der Waals surface area contributed by atoms with Gasteiger partial charge in [-0.3, -0.25) is 9.48 Å². The Labute approximate surface area is 140 Å². The lowest BCUT2D eigenvalue weighted by Gasteiger charge is -2.15. The van der Waals surface area contributed by atoms with Crippen molar-refractivity contribution in [3.8, 4) is 5.75 Å². The van der Waals surface area contributed by atoms with Gasteiger partial charge < -0.3 is 14.8 Å². The third kappa shape index (κ3) is 3.56. The molecule has 1 atom stereocenters. The lowest BCUT2D eigenvalue weighted by molar-refractivity contribution is -0.123. The number of esters is 1. The molecule has 2 aromatic rings. The van der Waals surface area contributed by atoms with Crippen LogP contribution in [0.4, 0.5) is 5.69 Å². The Morgan fingerprint density at radius 1 is 1.25 bits per heavy atom. The summed E-state index contributed by atoms with van der Waals surface area (Å²) in [5.74, 6) is -0.638. The maximum absolute atomic E-state index is 12.3. The first-order valence-corrected chi connectivity index (χ1v) is 7.50. The van der Waals surface area contributed by atoms with E-state index in [1.807, 2.05) is 6.92 Å². The highest BCUT2D eigenvalue weighted by Crippen LogP contribution is 2.21. The number of hydrogen-bond donors (Lipinski definition) is 1. The number of anilines is 1. The first-order chi connectivity index (χ1) is 11.3. The number of benzene rings is 1. The van der Waals surface area contributed by atoms with Gasteiger partial charge in [-0.15, -0.1) is 0 Å². The smallest absolute Gasteiger partial charge is 0.342 e. The number of methoxy groups -OCH3 is 1. The number of amides is 1. The van der Waals surface area contributed by atoms with Gasteiger partial charge in [-0.1, -0.05) is 12.1 Å². The lowest BCUT2D eigenvalue weighted by Crippen LogP contribution is -2.30. The van der Waals surface area contributed by atoms with Crippen LogP contribution in [-0.2, 0) is 16.6 Å². The number of rotatable bonds is 5. The molecule has 1 aromatic carbocycles. The fourth-order valence-electron chi connectivity index (χ4n) is 2.27. The van der Waals surface area contributed by atoms with Crippen molar-refractivity contribution in [1.82, 2.24) is 9.78 Å². The van der Waals surface area contributed by atoms with E-state index in [4.69, 9.17) is 9.47 Å². The SMILES string of the molecule is COc1ccccc1C(=O)O[C@H](C)C(=O)Nc1c(C)nn(C)c1C. The Morgan fingerprint density at radius 2 is 1.92 bits per heavy atom. The molecule has 0 spiro atoms. The van der Waals surface area contributed by atoms with Crippen LogP contribution in [-0.4, -0.2) is 34.9 Å². The van der Waals surface area contributed by atoms with Gasteiger partial charge in [0.05, 0.1) is 24.2 Å². The molecule has 0 saturated carbocycles. The zero-order valence-electron chi connectivity index (χ0n) is 14.4. The molecule has 1 N–H and O–H groups in total. The average Bonchev–Trinajstić information content (AvgIpc) is 2.80. The van der Waals surface area contributed by atoms with Gasteiger partial charge in [-0.05, 0) is 32.9 Å². The molecule has 24 heavy (non-hydrogen) atoms. The van der Waals surface area contributed by atoms with Crippen LogP contribution in [0.25, 0.3) is 0 Å². The monoisotopic (exact) mass is 331 g/mol. The Balaban J connectivity index is 2.07. The molecular formula is C17H21N3O4. The number of aryl methyl sites for hydroxylation is 2. The van der Waals surface area contributed by atoms with Gasteiger partial charge in [-0.25, -0.2) is 4.79 Å². The molecule has 0 radical (unpaired) electrons. The Kier molecular flexibility index (Phi) is 5.23. The normalized spacial score (nSPS) is 11.7. The van der Waals surface area contributed by atoms with E-state index in [0.29, 0.717) is 17.1 Å². The van der Waals surface area contributed by atoms with Gasteiger partial charge in [0.15, 0.2) is 6.10 Å². The molecule has 2 rings (SSSR count). The largest absolute Gasteiger partial charge is 0.496 e. The minimum Gasteiger partial charge on any atom is -0.496 e. The topological polar surface area (TPSA) is 82.4 Å². The summed E-state index contributed by atoms with van der Waals surface area (Å²) in [6.07, 6.45) is -0.957. The third-order valence-electron chi connectivity index (χ3n) is 3.74. The van der Waals surface area contributed by atoms with E-state index in [9.17, 15) is 9.59 Å². The second kappa shape index (κ2) is 7.16. The van der Waals surface area contributed by atoms with Crippen LogP contribution in [0.1, 0.15) is 28.7 Å². The summed E-state index contributed by atoms with van der Waals surface area (Å²) < 4.78 is 12.0. The standard InChI is InChI=1S/C17H21N3O4/c1-10-15(11(2)20(4)19-10)18-16(21)12(3)24-17(22)13-8-6-7-9-14(13)23-5/h6-9,12H,1-5H3,(H,18,21)/t12-/m1/s1. The van der Waals surface area contributed by atoms with Crippen molar-refractivity contribution in [2.45, 2.75) is 26.9 Å². The van der Waals surface area contributed by atoms with Crippen LogP contribution in [0.3, 0.4) is 0 Å². The summed E-state index contributed by atoms with van der Waals surface area (Å²) in [6, 6.07) is 6.69. The van der Waals surface area contributed by atoms with Gasteiger partial charge in [0.25, 0.3) is 5.91 Å².